The molecule has 0 amide bonds. The third-order valence-corrected chi connectivity index (χ3v) is 12.2. The molecule has 7 nitrogen and oxygen atoms in total. The molecular weight excluding hydrogens is 663 g/mol. The molecule has 0 saturated heterocycles. The van der Waals surface area contributed by atoms with Crippen molar-refractivity contribution in [1.82, 2.24) is 0 Å². The maximum Gasteiger partial charge on any atom is 0.303 e. The summed E-state index contributed by atoms with van der Waals surface area (Å²) in [6, 6.07) is 20.7. The Hall–Kier alpha value is -4.60. The molecule has 2 aliphatic rings. The van der Waals surface area contributed by atoms with Gasteiger partial charge >= 0.3 is 5.97 Å². The lowest BCUT2D eigenvalue weighted by atomic mass is 9.80. The van der Waals surface area contributed by atoms with Gasteiger partial charge in [0.2, 0.25) is 5.69 Å². The Labute approximate surface area is 302 Å². The Kier molecular flexibility index (Phi) is 10.1. The van der Waals surface area contributed by atoms with E-state index in [0.29, 0.717) is 6.42 Å². The number of likely N-dealkylation sites (N-methyl/N-ethyl adjacent to an activating group) is 1. The average molecular weight is 707 g/mol. The summed E-state index contributed by atoms with van der Waals surface area (Å²) in [5, 5.41) is 22.7. The van der Waals surface area contributed by atoms with Crippen LogP contribution in [0.15, 0.2) is 102 Å². The Morgan fingerprint density at radius 1 is 0.920 bits per heavy atom. The summed E-state index contributed by atoms with van der Waals surface area (Å²) in [6.45, 7) is 12.5. The van der Waals surface area contributed by atoms with E-state index in [2.05, 4.69) is 122 Å². The van der Waals surface area contributed by atoms with E-state index in [-0.39, 0.29) is 27.9 Å². The van der Waals surface area contributed by atoms with Gasteiger partial charge in [-0.3, -0.25) is 14.9 Å². The van der Waals surface area contributed by atoms with Crippen molar-refractivity contribution in [3.63, 3.8) is 0 Å². The zero-order chi connectivity index (χ0) is 35.6. The van der Waals surface area contributed by atoms with E-state index in [9.17, 15) is 14.9 Å². The number of non-ortho nitro benzene ring substituents is 1. The molecule has 0 saturated carbocycles. The van der Waals surface area contributed by atoms with Gasteiger partial charge < -0.3 is 10.0 Å². The van der Waals surface area contributed by atoms with Crippen LogP contribution in [0.3, 0.4) is 0 Å². The number of hydrogen-bond acceptors (Lipinski definition) is 6. The predicted octanol–water partition coefficient (Wildman–Crippen LogP) is 10.9. The lowest BCUT2D eigenvalue weighted by Crippen LogP contribution is -2.28. The molecule has 2 aromatic heterocycles. The molecule has 4 heterocycles. The largest absolute Gasteiger partial charge is 0.481 e. The van der Waals surface area contributed by atoms with Gasteiger partial charge in [0.1, 0.15) is 6.54 Å². The molecule has 0 bridgehead atoms. The minimum atomic E-state index is -0.744. The van der Waals surface area contributed by atoms with Crippen LogP contribution in [0.5, 0.6) is 0 Å². The first-order valence-corrected chi connectivity index (χ1v) is 18.9. The van der Waals surface area contributed by atoms with Gasteiger partial charge in [-0.2, -0.15) is 4.58 Å². The smallest absolute Gasteiger partial charge is 0.303 e. The molecular formula is C41H44N3O4S2+. The highest BCUT2D eigenvalue weighted by molar-refractivity contribution is 7.23. The van der Waals surface area contributed by atoms with Crippen LogP contribution in [0.2, 0.25) is 0 Å². The SMILES string of the molecule is CCN1/C(=C/C=C/C=C/C2=[N+](CCCCCC(=O)O)c3ccc(-c4ccc(-c5cccs5)s4)cc3C2(C)C)C(C)(C)c2cc([N+](=O)[O-])ccc21. The number of carboxylic acid groups (broad SMARTS) is 1. The first-order valence-electron chi connectivity index (χ1n) is 17.2. The fraction of sp³-hybridized carbons (Fsp3) is 0.317. The highest BCUT2D eigenvalue weighted by Gasteiger charge is 2.44. The average Bonchev–Trinajstić information content (AvgIpc) is 3.86. The lowest BCUT2D eigenvalue weighted by Gasteiger charge is -2.25. The third kappa shape index (κ3) is 6.76. The van der Waals surface area contributed by atoms with Crippen LogP contribution in [-0.4, -0.2) is 39.4 Å². The Morgan fingerprint density at radius 2 is 1.72 bits per heavy atom. The number of nitro groups is 1. The molecule has 0 spiro atoms. The second-order valence-corrected chi connectivity index (χ2v) is 15.9. The van der Waals surface area contributed by atoms with Gasteiger partial charge in [-0.1, -0.05) is 38.1 Å². The minimum absolute atomic E-state index is 0.113. The molecule has 6 rings (SSSR count). The number of benzene rings is 2. The highest BCUT2D eigenvalue weighted by atomic mass is 32.1. The van der Waals surface area contributed by atoms with E-state index in [1.165, 1.54) is 37.2 Å². The highest BCUT2D eigenvalue weighted by Crippen LogP contribution is 2.49. The van der Waals surface area contributed by atoms with Crippen LogP contribution in [-0.2, 0) is 15.6 Å². The summed E-state index contributed by atoms with van der Waals surface area (Å²) in [5.74, 6) is -0.744. The number of anilines is 1. The zero-order valence-corrected chi connectivity index (χ0v) is 30.9. The van der Waals surface area contributed by atoms with Crippen LogP contribution < -0.4 is 4.90 Å². The van der Waals surface area contributed by atoms with Crippen molar-refractivity contribution in [2.75, 3.05) is 18.0 Å². The molecule has 0 fully saturated rings. The molecule has 1 N–H and O–H groups in total. The van der Waals surface area contributed by atoms with E-state index in [4.69, 9.17) is 5.11 Å². The van der Waals surface area contributed by atoms with Crippen molar-refractivity contribution >= 4 is 51.4 Å². The van der Waals surface area contributed by atoms with E-state index >= 15 is 0 Å². The number of aliphatic carboxylic acids is 1. The molecule has 50 heavy (non-hydrogen) atoms. The zero-order valence-electron chi connectivity index (χ0n) is 29.3. The number of hydrogen-bond donors (Lipinski definition) is 1. The third-order valence-electron chi connectivity index (χ3n) is 9.95. The van der Waals surface area contributed by atoms with E-state index in [1.807, 2.05) is 17.4 Å². The summed E-state index contributed by atoms with van der Waals surface area (Å²) < 4.78 is 2.41. The molecule has 0 aliphatic carbocycles. The molecule has 0 radical (unpaired) electrons. The van der Waals surface area contributed by atoms with Crippen LogP contribution in [0, 0.1) is 10.1 Å². The molecule has 9 heteroatoms. The normalized spacial score (nSPS) is 17.0. The molecule has 258 valence electrons. The van der Waals surface area contributed by atoms with Crippen molar-refractivity contribution < 1.29 is 19.4 Å². The summed E-state index contributed by atoms with van der Waals surface area (Å²) in [5.41, 5.74) is 7.50. The quantitative estimate of drug-likeness (QED) is 0.0492. The van der Waals surface area contributed by atoms with Gasteiger partial charge in [0.15, 0.2) is 5.71 Å². The molecule has 0 unspecified atom stereocenters. The van der Waals surface area contributed by atoms with E-state index in [0.717, 1.165) is 42.9 Å². The number of allylic oxidation sites excluding steroid dienone is 6. The van der Waals surface area contributed by atoms with Crippen LogP contribution in [0.25, 0.3) is 20.2 Å². The maximum absolute atomic E-state index is 11.5. The summed E-state index contributed by atoms with van der Waals surface area (Å²) in [6.07, 6.45) is 13.2. The number of thiophene rings is 2. The van der Waals surface area contributed by atoms with Crippen LogP contribution in [0.4, 0.5) is 17.1 Å². The summed E-state index contributed by atoms with van der Waals surface area (Å²) in [7, 11) is 0. The number of rotatable bonds is 13. The van der Waals surface area contributed by atoms with Gasteiger partial charge in [0.05, 0.1) is 10.3 Å². The van der Waals surface area contributed by atoms with Crippen molar-refractivity contribution in [3.05, 3.63) is 123 Å². The van der Waals surface area contributed by atoms with Crippen molar-refractivity contribution in [3.8, 4) is 20.2 Å². The first-order chi connectivity index (χ1) is 23.9. The van der Waals surface area contributed by atoms with Crippen LogP contribution in [0.1, 0.15) is 71.4 Å². The fourth-order valence-electron chi connectivity index (χ4n) is 7.31. The summed E-state index contributed by atoms with van der Waals surface area (Å²) in [4.78, 5) is 28.3. The van der Waals surface area contributed by atoms with E-state index in [1.54, 1.807) is 23.5 Å². The minimum Gasteiger partial charge on any atom is -0.481 e. The molecule has 0 atom stereocenters. The number of carbonyl (C=O) groups is 1. The number of unbranched alkanes of at least 4 members (excludes halogenated alkanes) is 2. The van der Waals surface area contributed by atoms with Gasteiger partial charge in [-0.25, -0.2) is 0 Å². The number of nitro benzene ring substituents is 1. The number of nitrogens with zero attached hydrogens (tertiary/aromatic N) is 3. The van der Waals surface area contributed by atoms with Crippen molar-refractivity contribution in [1.29, 1.82) is 0 Å². The van der Waals surface area contributed by atoms with E-state index < -0.39 is 5.97 Å². The lowest BCUT2D eigenvalue weighted by molar-refractivity contribution is -0.438. The molecule has 2 aliphatic heterocycles. The second-order valence-electron chi connectivity index (χ2n) is 13.9. The first kappa shape index (κ1) is 35.2. The summed E-state index contributed by atoms with van der Waals surface area (Å²) >= 11 is 3.58. The standard InChI is InChI=1S/C41H43N3O4S2/c1-6-42-32-21-19-29(44(47)48)27-31(32)41(4,5)37(42)15-9-7-10-16-38-40(2,3)30-26-28(34-22-23-36(50-34)35-14-13-25-49-35)18-20-33(30)43(38)24-12-8-11-17-39(45)46/h7,9-10,13-16,18-23,25-27H,6,8,11-12,17,24H2,1-5H3/p+1. The second kappa shape index (κ2) is 14.3. The van der Waals surface area contributed by atoms with Gasteiger partial charge in [0.25, 0.3) is 5.69 Å². The topological polar surface area (TPSA) is 86.7 Å². The predicted molar refractivity (Wildman–Crippen MR) is 207 cm³/mol. The Balaban J connectivity index is 1.28. The van der Waals surface area contributed by atoms with Crippen LogP contribution >= 0.6 is 22.7 Å². The Morgan fingerprint density at radius 3 is 2.44 bits per heavy atom. The number of fused-ring (bicyclic) bond motifs is 2. The fourth-order valence-corrected chi connectivity index (χ4v) is 9.15. The monoisotopic (exact) mass is 706 g/mol. The molecule has 2 aromatic carbocycles. The van der Waals surface area contributed by atoms with Gasteiger partial charge in [0, 0.05) is 80.7 Å². The number of carboxylic acids is 1. The maximum atomic E-state index is 11.5. The van der Waals surface area contributed by atoms with Crippen molar-refractivity contribution in [2.24, 2.45) is 0 Å². The van der Waals surface area contributed by atoms with Crippen molar-refractivity contribution in [2.45, 2.75) is 71.1 Å². The van der Waals surface area contributed by atoms with Gasteiger partial charge in [-0.15, -0.1) is 22.7 Å². The van der Waals surface area contributed by atoms with Gasteiger partial charge in [-0.05, 0) is 92.6 Å². The molecule has 4 aromatic rings. The Bertz CT molecular complexity index is 2050.